The van der Waals surface area contributed by atoms with Gasteiger partial charge in [-0.3, -0.25) is 10.00 Å². The van der Waals surface area contributed by atoms with E-state index in [0.29, 0.717) is 12.8 Å². The monoisotopic (exact) mass is 329 g/mol. The van der Waals surface area contributed by atoms with Crippen LogP contribution < -0.4 is 0 Å². The second-order valence-corrected chi connectivity index (χ2v) is 7.10. The smallest absolute Gasteiger partial charge is 0.0890 e. The second kappa shape index (κ2) is 7.05. The third-order valence-corrected chi connectivity index (χ3v) is 5.08. The number of aliphatic hydroxyl groups excluding tert-OH is 1. The summed E-state index contributed by atoms with van der Waals surface area (Å²) in [5, 5.41) is 27.1. The first-order valence-electron chi connectivity index (χ1n) is 8.66. The summed E-state index contributed by atoms with van der Waals surface area (Å²) in [7, 11) is 0. The second-order valence-electron chi connectivity index (χ2n) is 7.10. The molecule has 1 atom stereocenters. The summed E-state index contributed by atoms with van der Waals surface area (Å²) in [6.07, 6.45) is 4.07. The van der Waals surface area contributed by atoms with E-state index >= 15 is 0 Å². The summed E-state index contributed by atoms with van der Waals surface area (Å²) < 4.78 is 0. The van der Waals surface area contributed by atoms with Crippen molar-refractivity contribution in [3.63, 3.8) is 0 Å². The summed E-state index contributed by atoms with van der Waals surface area (Å²) >= 11 is 0. The lowest BCUT2D eigenvalue weighted by molar-refractivity contribution is -0.0255. The zero-order chi connectivity index (χ0) is 17.2. The van der Waals surface area contributed by atoms with Crippen molar-refractivity contribution in [2.75, 3.05) is 19.7 Å². The highest BCUT2D eigenvalue weighted by molar-refractivity contribution is 5.67. The SMILES string of the molecule is Cc1ccc(C)c(-c2[nH]ncc2CN2CCCC(O)(CO)CC2)c1. The molecule has 2 aromatic rings. The van der Waals surface area contributed by atoms with Gasteiger partial charge in [-0.2, -0.15) is 5.10 Å². The van der Waals surface area contributed by atoms with E-state index in [4.69, 9.17) is 0 Å². The fraction of sp³-hybridized carbons (Fsp3) is 0.526. The molecule has 1 unspecified atom stereocenters. The van der Waals surface area contributed by atoms with Crippen LogP contribution in [-0.2, 0) is 6.54 Å². The van der Waals surface area contributed by atoms with Crippen molar-refractivity contribution in [3.8, 4) is 11.3 Å². The predicted molar refractivity (Wildman–Crippen MR) is 94.7 cm³/mol. The Morgan fingerprint density at radius 3 is 2.88 bits per heavy atom. The normalized spacial score (nSPS) is 22.5. The molecule has 0 saturated carbocycles. The molecule has 0 spiro atoms. The van der Waals surface area contributed by atoms with Gasteiger partial charge in [-0.05, 0) is 51.3 Å². The van der Waals surface area contributed by atoms with E-state index in [1.54, 1.807) is 0 Å². The number of aromatic amines is 1. The Bertz CT molecular complexity index is 698. The molecular formula is C19H27N3O2. The number of hydrogen-bond acceptors (Lipinski definition) is 4. The zero-order valence-electron chi connectivity index (χ0n) is 14.5. The van der Waals surface area contributed by atoms with Gasteiger partial charge < -0.3 is 10.2 Å². The molecule has 1 aliphatic heterocycles. The quantitative estimate of drug-likeness (QED) is 0.805. The van der Waals surface area contributed by atoms with Crippen LogP contribution in [-0.4, -0.2) is 50.6 Å². The minimum absolute atomic E-state index is 0.152. The Hall–Kier alpha value is -1.69. The van der Waals surface area contributed by atoms with Crippen molar-refractivity contribution in [2.24, 2.45) is 0 Å². The number of likely N-dealkylation sites (tertiary alicyclic amines) is 1. The molecule has 1 aromatic carbocycles. The maximum atomic E-state index is 10.3. The number of nitrogens with one attached hydrogen (secondary N) is 1. The molecule has 3 rings (SSSR count). The molecule has 3 N–H and O–H groups in total. The van der Waals surface area contributed by atoms with Crippen LogP contribution in [0.25, 0.3) is 11.3 Å². The Labute approximate surface area is 143 Å². The van der Waals surface area contributed by atoms with Crippen molar-refractivity contribution >= 4 is 0 Å². The van der Waals surface area contributed by atoms with E-state index in [0.717, 1.165) is 31.7 Å². The van der Waals surface area contributed by atoms with Crippen molar-refractivity contribution in [1.29, 1.82) is 0 Å². The van der Waals surface area contributed by atoms with E-state index < -0.39 is 5.60 Å². The Kier molecular flexibility index (Phi) is 5.04. The fourth-order valence-corrected chi connectivity index (χ4v) is 3.46. The molecule has 1 aliphatic rings. The van der Waals surface area contributed by atoms with Crippen molar-refractivity contribution in [2.45, 2.75) is 45.3 Å². The van der Waals surface area contributed by atoms with Gasteiger partial charge in [0.2, 0.25) is 0 Å². The first-order chi connectivity index (χ1) is 11.5. The zero-order valence-corrected chi connectivity index (χ0v) is 14.5. The van der Waals surface area contributed by atoms with Gasteiger partial charge >= 0.3 is 0 Å². The topological polar surface area (TPSA) is 72.4 Å². The molecule has 130 valence electrons. The minimum atomic E-state index is -0.916. The number of rotatable bonds is 4. The van der Waals surface area contributed by atoms with Crippen molar-refractivity contribution in [3.05, 3.63) is 41.1 Å². The number of H-pyrrole nitrogens is 1. The van der Waals surface area contributed by atoms with Gasteiger partial charge in [0.15, 0.2) is 0 Å². The van der Waals surface area contributed by atoms with Crippen LogP contribution >= 0.6 is 0 Å². The lowest BCUT2D eigenvalue weighted by Gasteiger charge is -2.24. The van der Waals surface area contributed by atoms with Gasteiger partial charge in [0.05, 0.1) is 24.1 Å². The lowest BCUT2D eigenvalue weighted by Crippen LogP contribution is -2.34. The van der Waals surface area contributed by atoms with Crippen LogP contribution in [0.3, 0.4) is 0 Å². The summed E-state index contributed by atoms with van der Waals surface area (Å²) in [5.74, 6) is 0. The molecule has 24 heavy (non-hydrogen) atoms. The molecule has 5 nitrogen and oxygen atoms in total. The number of aromatic nitrogens is 2. The highest BCUT2D eigenvalue weighted by Gasteiger charge is 2.29. The van der Waals surface area contributed by atoms with E-state index in [-0.39, 0.29) is 6.61 Å². The van der Waals surface area contributed by atoms with Gasteiger partial charge in [0.1, 0.15) is 0 Å². The maximum Gasteiger partial charge on any atom is 0.0890 e. The molecule has 0 amide bonds. The van der Waals surface area contributed by atoms with Gasteiger partial charge in [-0.15, -0.1) is 0 Å². The predicted octanol–water partition coefficient (Wildman–Crippen LogP) is 2.40. The number of aliphatic hydroxyl groups is 2. The summed E-state index contributed by atoms with van der Waals surface area (Å²) in [5.41, 5.74) is 5.01. The van der Waals surface area contributed by atoms with E-state index in [1.807, 2.05) is 6.20 Å². The van der Waals surface area contributed by atoms with Crippen LogP contribution in [0.1, 0.15) is 36.0 Å². The molecule has 0 bridgehead atoms. The Morgan fingerprint density at radius 2 is 2.08 bits per heavy atom. The average molecular weight is 329 g/mol. The van der Waals surface area contributed by atoms with Gasteiger partial charge in [0, 0.05) is 24.2 Å². The van der Waals surface area contributed by atoms with E-state index in [1.165, 1.54) is 22.3 Å². The van der Waals surface area contributed by atoms with Gasteiger partial charge in [-0.25, -0.2) is 0 Å². The molecule has 1 aromatic heterocycles. The van der Waals surface area contributed by atoms with E-state index in [2.05, 4.69) is 47.1 Å². The van der Waals surface area contributed by atoms with Crippen LogP contribution in [0, 0.1) is 13.8 Å². The van der Waals surface area contributed by atoms with Crippen molar-refractivity contribution < 1.29 is 10.2 Å². The highest BCUT2D eigenvalue weighted by atomic mass is 16.3. The third kappa shape index (κ3) is 3.69. The first-order valence-corrected chi connectivity index (χ1v) is 8.66. The number of aryl methyl sites for hydroxylation is 2. The summed E-state index contributed by atoms with van der Waals surface area (Å²) in [4.78, 5) is 2.34. The van der Waals surface area contributed by atoms with E-state index in [9.17, 15) is 10.2 Å². The van der Waals surface area contributed by atoms with Crippen LogP contribution in [0.15, 0.2) is 24.4 Å². The maximum absolute atomic E-state index is 10.3. The summed E-state index contributed by atoms with van der Waals surface area (Å²) in [6.45, 7) is 6.59. The number of nitrogens with zero attached hydrogens (tertiary/aromatic N) is 2. The average Bonchev–Trinajstić information content (AvgIpc) is 2.94. The Morgan fingerprint density at radius 1 is 1.25 bits per heavy atom. The van der Waals surface area contributed by atoms with Crippen LogP contribution in [0.5, 0.6) is 0 Å². The largest absolute Gasteiger partial charge is 0.393 e. The molecular weight excluding hydrogens is 302 g/mol. The van der Waals surface area contributed by atoms with Crippen LogP contribution in [0.4, 0.5) is 0 Å². The van der Waals surface area contributed by atoms with Crippen molar-refractivity contribution in [1.82, 2.24) is 15.1 Å². The summed E-state index contributed by atoms with van der Waals surface area (Å²) in [6, 6.07) is 6.46. The lowest BCUT2D eigenvalue weighted by atomic mass is 9.96. The third-order valence-electron chi connectivity index (χ3n) is 5.08. The molecule has 1 saturated heterocycles. The minimum Gasteiger partial charge on any atom is -0.393 e. The molecule has 5 heteroatoms. The molecule has 0 aliphatic carbocycles. The molecule has 1 fully saturated rings. The fourth-order valence-electron chi connectivity index (χ4n) is 3.46. The van der Waals surface area contributed by atoms with Gasteiger partial charge in [0.25, 0.3) is 0 Å². The Balaban J connectivity index is 1.78. The first kappa shape index (κ1) is 17.1. The number of benzene rings is 1. The number of hydrogen-bond donors (Lipinski definition) is 3. The molecule has 2 heterocycles. The van der Waals surface area contributed by atoms with Crippen LogP contribution in [0.2, 0.25) is 0 Å². The standard InChI is InChI=1S/C19H27N3O2/c1-14-4-5-15(2)17(10-14)18-16(11-20-21-18)12-22-8-3-6-19(24,13-23)7-9-22/h4-5,10-11,23-24H,3,6-9,12-13H2,1-2H3,(H,20,21). The van der Waals surface area contributed by atoms with Gasteiger partial charge in [-0.1, -0.05) is 17.7 Å². The highest BCUT2D eigenvalue weighted by Crippen LogP contribution is 2.28. The molecule has 0 radical (unpaired) electrons.